The molecular formula is C19H21N3O5. The van der Waals surface area contributed by atoms with Crippen molar-refractivity contribution in [2.24, 2.45) is 0 Å². The van der Waals surface area contributed by atoms with Crippen LogP contribution in [0.1, 0.15) is 18.4 Å². The van der Waals surface area contributed by atoms with Crippen LogP contribution in [-0.4, -0.2) is 53.9 Å². The van der Waals surface area contributed by atoms with Crippen molar-refractivity contribution in [3.8, 4) is 23.4 Å². The number of carbonyl (C=O) groups is 1. The highest BCUT2D eigenvalue weighted by Gasteiger charge is 2.25. The third kappa shape index (κ3) is 4.05. The maximum Gasteiger partial charge on any atom is 0.319 e. The molecule has 0 atom stereocenters. The molecule has 0 bridgehead atoms. The lowest BCUT2D eigenvalue weighted by Crippen LogP contribution is -2.42. The second kappa shape index (κ2) is 7.69. The smallest absolute Gasteiger partial charge is 0.319 e. The van der Waals surface area contributed by atoms with E-state index < -0.39 is 0 Å². The SMILES string of the molecule is COc1nccc(OC2CCN(C(=O)Cc3ccc4c(c3)OCO4)CC2)n1. The van der Waals surface area contributed by atoms with Gasteiger partial charge in [-0.25, -0.2) is 4.98 Å². The summed E-state index contributed by atoms with van der Waals surface area (Å²) < 4.78 is 21.6. The predicted molar refractivity (Wildman–Crippen MR) is 95.1 cm³/mol. The minimum Gasteiger partial charge on any atom is -0.474 e. The first-order valence-electron chi connectivity index (χ1n) is 8.91. The number of likely N-dealkylation sites (tertiary alicyclic amines) is 1. The Kier molecular flexibility index (Phi) is 4.95. The van der Waals surface area contributed by atoms with E-state index in [2.05, 4.69) is 9.97 Å². The van der Waals surface area contributed by atoms with Gasteiger partial charge in [-0.1, -0.05) is 6.07 Å². The summed E-state index contributed by atoms with van der Waals surface area (Å²) in [6.07, 6.45) is 3.51. The van der Waals surface area contributed by atoms with Crippen molar-refractivity contribution in [2.75, 3.05) is 27.0 Å². The summed E-state index contributed by atoms with van der Waals surface area (Å²) in [6, 6.07) is 7.62. The van der Waals surface area contributed by atoms with Gasteiger partial charge in [0.2, 0.25) is 18.6 Å². The topological polar surface area (TPSA) is 83.0 Å². The Hall–Kier alpha value is -3.03. The number of hydrogen-bond acceptors (Lipinski definition) is 7. The maximum absolute atomic E-state index is 12.6. The number of amides is 1. The van der Waals surface area contributed by atoms with Gasteiger partial charge in [0, 0.05) is 38.2 Å². The van der Waals surface area contributed by atoms with Gasteiger partial charge < -0.3 is 23.8 Å². The lowest BCUT2D eigenvalue weighted by atomic mass is 10.1. The van der Waals surface area contributed by atoms with Crippen molar-refractivity contribution >= 4 is 5.91 Å². The second-order valence-corrected chi connectivity index (χ2v) is 6.44. The first kappa shape index (κ1) is 17.4. The molecule has 27 heavy (non-hydrogen) atoms. The van der Waals surface area contributed by atoms with Crippen molar-refractivity contribution < 1.29 is 23.7 Å². The van der Waals surface area contributed by atoms with E-state index in [0.29, 0.717) is 31.1 Å². The molecule has 1 amide bonds. The molecule has 0 saturated carbocycles. The fraction of sp³-hybridized carbons (Fsp3) is 0.421. The first-order valence-corrected chi connectivity index (χ1v) is 8.91. The molecule has 0 N–H and O–H groups in total. The largest absolute Gasteiger partial charge is 0.474 e. The van der Waals surface area contributed by atoms with Gasteiger partial charge in [-0.3, -0.25) is 4.79 Å². The third-order valence-corrected chi connectivity index (χ3v) is 4.66. The minimum atomic E-state index is 0.0270. The Labute approximate surface area is 157 Å². The number of ether oxygens (including phenoxy) is 4. The monoisotopic (exact) mass is 371 g/mol. The molecule has 4 rings (SSSR count). The number of aromatic nitrogens is 2. The Morgan fingerprint density at radius 1 is 1.22 bits per heavy atom. The van der Waals surface area contributed by atoms with Crippen LogP contribution >= 0.6 is 0 Å². The zero-order valence-electron chi connectivity index (χ0n) is 15.1. The van der Waals surface area contributed by atoms with Crippen LogP contribution in [0.3, 0.4) is 0 Å². The molecule has 2 aromatic rings. The molecule has 1 aromatic heterocycles. The number of nitrogens with zero attached hydrogens (tertiary/aromatic N) is 3. The van der Waals surface area contributed by atoms with E-state index in [1.165, 1.54) is 7.11 Å². The molecule has 8 heteroatoms. The van der Waals surface area contributed by atoms with Crippen LogP contribution in [0.5, 0.6) is 23.4 Å². The normalized spacial score (nSPS) is 16.3. The Balaban J connectivity index is 1.29. The van der Waals surface area contributed by atoms with Crippen LogP contribution in [0.2, 0.25) is 0 Å². The number of methoxy groups -OCH3 is 1. The summed E-state index contributed by atoms with van der Waals surface area (Å²) in [7, 11) is 1.52. The summed E-state index contributed by atoms with van der Waals surface area (Å²) in [4.78, 5) is 22.6. The molecule has 0 unspecified atom stereocenters. The van der Waals surface area contributed by atoms with Gasteiger partial charge in [0.15, 0.2) is 11.5 Å². The number of rotatable bonds is 5. The van der Waals surface area contributed by atoms with Crippen molar-refractivity contribution in [3.05, 3.63) is 36.0 Å². The Morgan fingerprint density at radius 3 is 2.85 bits per heavy atom. The highest BCUT2D eigenvalue weighted by atomic mass is 16.7. The number of fused-ring (bicyclic) bond motifs is 1. The molecule has 3 heterocycles. The van der Waals surface area contributed by atoms with Gasteiger partial charge in [0.1, 0.15) is 6.10 Å². The molecule has 1 saturated heterocycles. The molecular weight excluding hydrogens is 350 g/mol. The lowest BCUT2D eigenvalue weighted by Gasteiger charge is -2.32. The number of carbonyl (C=O) groups excluding carboxylic acids is 1. The number of hydrogen-bond donors (Lipinski definition) is 0. The maximum atomic E-state index is 12.6. The van der Waals surface area contributed by atoms with Crippen molar-refractivity contribution in [2.45, 2.75) is 25.4 Å². The molecule has 1 aromatic carbocycles. The van der Waals surface area contributed by atoms with Gasteiger partial charge in [0.25, 0.3) is 0 Å². The van der Waals surface area contributed by atoms with Gasteiger partial charge in [0.05, 0.1) is 13.5 Å². The van der Waals surface area contributed by atoms with Crippen molar-refractivity contribution in [1.29, 1.82) is 0 Å². The third-order valence-electron chi connectivity index (χ3n) is 4.66. The van der Waals surface area contributed by atoms with Crippen LogP contribution in [0.4, 0.5) is 0 Å². The van der Waals surface area contributed by atoms with Gasteiger partial charge in [-0.15, -0.1) is 0 Å². The zero-order valence-corrected chi connectivity index (χ0v) is 15.1. The van der Waals surface area contributed by atoms with Crippen molar-refractivity contribution in [1.82, 2.24) is 14.9 Å². The van der Waals surface area contributed by atoms with E-state index in [1.807, 2.05) is 23.1 Å². The summed E-state index contributed by atoms with van der Waals surface area (Å²) in [5.74, 6) is 2.03. The van der Waals surface area contributed by atoms with Crippen molar-refractivity contribution in [3.63, 3.8) is 0 Å². The van der Waals surface area contributed by atoms with Gasteiger partial charge >= 0.3 is 6.01 Å². The van der Waals surface area contributed by atoms with Crippen LogP contribution in [0.15, 0.2) is 30.5 Å². The summed E-state index contributed by atoms with van der Waals surface area (Å²) in [5.41, 5.74) is 0.927. The molecule has 8 nitrogen and oxygen atoms in total. The van der Waals surface area contributed by atoms with Gasteiger partial charge in [-0.05, 0) is 17.7 Å². The summed E-state index contributed by atoms with van der Waals surface area (Å²) >= 11 is 0. The molecule has 0 spiro atoms. The lowest BCUT2D eigenvalue weighted by molar-refractivity contribution is -0.132. The van der Waals surface area contributed by atoms with E-state index >= 15 is 0 Å². The van der Waals surface area contributed by atoms with E-state index in [1.54, 1.807) is 12.3 Å². The average Bonchev–Trinajstić information content (AvgIpc) is 3.16. The predicted octanol–water partition coefficient (Wildman–Crippen LogP) is 1.83. The number of piperidine rings is 1. The van der Waals surface area contributed by atoms with E-state index in [4.69, 9.17) is 18.9 Å². The number of benzene rings is 1. The minimum absolute atomic E-state index is 0.0270. The zero-order chi connectivity index (χ0) is 18.6. The van der Waals surface area contributed by atoms with E-state index in [0.717, 1.165) is 24.2 Å². The second-order valence-electron chi connectivity index (χ2n) is 6.44. The summed E-state index contributed by atoms with van der Waals surface area (Å²) in [5, 5.41) is 0. The fourth-order valence-electron chi connectivity index (χ4n) is 3.22. The highest BCUT2D eigenvalue weighted by Crippen LogP contribution is 2.32. The molecule has 1 fully saturated rings. The van der Waals surface area contributed by atoms with E-state index in [9.17, 15) is 4.79 Å². The fourth-order valence-corrected chi connectivity index (χ4v) is 3.22. The Bertz CT molecular complexity index is 821. The van der Waals surface area contributed by atoms with Crippen LogP contribution in [0, 0.1) is 0 Å². The van der Waals surface area contributed by atoms with Crippen LogP contribution in [-0.2, 0) is 11.2 Å². The molecule has 2 aliphatic rings. The first-order chi connectivity index (χ1) is 13.2. The molecule has 142 valence electrons. The molecule has 2 aliphatic heterocycles. The molecule has 0 aliphatic carbocycles. The quantitative estimate of drug-likeness (QED) is 0.793. The average molecular weight is 371 g/mol. The van der Waals surface area contributed by atoms with Crippen LogP contribution in [0.25, 0.3) is 0 Å². The molecule has 0 radical (unpaired) electrons. The standard InChI is InChI=1S/C19H21N3O5/c1-24-19-20-7-4-17(21-19)27-14-5-8-22(9-6-14)18(23)11-13-2-3-15-16(10-13)26-12-25-15/h2-4,7,10,14H,5-6,8-9,11-12H2,1H3. The Morgan fingerprint density at radius 2 is 2.04 bits per heavy atom. The van der Waals surface area contributed by atoms with E-state index in [-0.39, 0.29) is 24.8 Å². The van der Waals surface area contributed by atoms with Gasteiger partial charge in [-0.2, -0.15) is 4.98 Å². The highest BCUT2D eigenvalue weighted by molar-refractivity contribution is 5.79. The summed E-state index contributed by atoms with van der Waals surface area (Å²) in [6.45, 7) is 1.56. The van der Waals surface area contributed by atoms with Crippen LogP contribution < -0.4 is 18.9 Å².